The Hall–Kier alpha value is -2.79. The smallest absolute Gasteiger partial charge is 0.220 e. The molecule has 0 saturated heterocycles. The Bertz CT molecular complexity index is 861. The summed E-state index contributed by atoms with van der Waals surface area (Å²) in [7, 11) is 0. The van der Waals surface area contributed by atoms with E-state index < -0.39 is 0 Å². The lowest BCUT2D eigenvalue weighted by Gasteiger charge is -2.09. The molecule has 1 amide bonds. The Balaban J connectivity index is 1.47. The summed E-state index contributed by atoms with van der Waals surface area (Å²) in [5, 5.41) is 4.94. The second-order valence-electron chi connectivity index (χ2n) is 5.91. The van der Waals surface area contributed by atoms with Crippen LogP contribution in [0.5, 0.6) is 0 Å². The van der Waals surface area contributed by atoms with Crippen LogP contribution < -0.4 is 5.32 Å². The van der Waals surface area contributed by atoms with Crippen LogP contribution in [0.3, 0.4) is 0 Å². The van der Waals surface area contributed by atoms with Gasteiger partial charge in [0.1, 0.15) is 0 Å². The van der Waals surface area contributed by atoms with E-state index in [9.17, 15) is 9.59 Å². The van der Waals surface area contributed by atoms with Crippen molar-refractivity contribution in [3.8, 4) is 10.6 Å². The van der Waals surface area contributed by atoms with E-state index in [4.69, 9.17) is 0 Å². The van der Waals surface area contributed by atoms with Crippen LogP contribution in [0.15, 0.2) is 66.2 Å². The van der Waals surface area contributed by atoms with Crippen LogP contribution >= 0.6 is 11.3 Å². The van der Waals surface area contributed by atoms with Crippen LogP contribution in [0.1, 0.15) is 35.2 Å². The van der Waals surface area contributed by atoms with E-state index in [1.54, 1.807) is 29.7 Å². The van der Waals surface area contributed by atoms with Crippen molar-refractivity contribution in [2.75, 3.05) is 0 Å². The maximum absolute atomic E-state index is 12.1. The van der Waals surface area contributed by atoms with Gasteiger partial charge in [0, 0.05) is 31.1 Å². The fourth-order valence-corrected chi connectivity index (χ4v) is 3.43. The fourth-order valence-electron chi connectivity index (χ4n) is 2.68. The van der Waals surface area contributed by atoms with Crippen molar-refractivity contribution in [1.82, 2.24) is 10.3 Å². The molecule has 1 N–H and O–H groups in total. The number of rotatable bonds is 8. The van der Waals surface area contributed by atoms with Gasteiger partial charge in [-0.1, -0.05) is 42.5 Å². The first-order valence-electron chi connectivity index (χ1n) is 8.57. The van der Waals surface area contributed by atoms with Crippen LogP contribution in [-0.4, -0.2) is 16.7 Å². The third-order valence-corrected chi connectivity index (χ3v) is 4.90. The number of nitrogens with zero attached hydrogens (tertiary/aromatic N) is 1. The number of hydrogen-bond acceptors (Lipinski definition) is 4. The number of amides is 1. The number of nitrogens with one attached hydrogen (secondary N) is 1. The molecule has 132 valence electrons. The van der Waals surface area contributed by atoms with Gasteiger partial charge in [-0.15, -0.1) is 11.3 Å². The largest absolute Gasteiger partial charge is 0.352 e. The molecule has 0 aliphatic carbocycles. The van der Waals surface area contributed by atoms with Gasteiger partial charge in [0.25, 0.3) is 0 Å². The molecule has 0 fully saturated rings. The summed E-state index contributed by atoms with van der Waals surface area (Å²) in [4.78, 5) is 29.7. The molecular weight excluding hydrogens is 344 g/mol. The lowest BCUT2D eigenvalue weighted by Crippen LogP contribution is -2.23. The predicted octanol–water partition coefficient (Wildman–Crippen LogP) is 4.48. The zero-order chi connectivity index (χ0) is 18.2. The van der Waals surface area contributed by atoms with Gasteiger partial charge in [0.15, 0.2) is 5.78 Å². The standard InChI is InChI=1S/C21H20N2O2S/c24-18(16-7-2-1-3-8-16)10-4-12-20(25)23-15-17-9-5-13-22-21(17)19-11-6-14-26-19/h1-3,5-9,11,13-14H,4,10,12,15H2,(H,23,25). The molecule has 0 atom stereocenters. The van der Waals surface area contributed by atoms with E-state index >= 15 is 0 Å². The van der Waals surface area contributed by atoms with Crippen molar-refractivity contribution < 1.29 is 9.59 Å². The van der Waals surface area contributed by atoms with Crippen molar-refractivity contribution in [3.63, 3.8) is 0 Å². The van der Waals surface area contributed by atoms with Crippen molar-refractivity contribution in [2.45, 2.75) is 25.8 Å². The maximum atomic E-state index is 12.1. The zero-order valence-corrected chi connectivity index (χ0v) is 15.2. The Morgan fingerprint density at radius 3 is 2.58 bits per heavy atom. The molecule has 26 heavy (non-hydrogen) atoms. The lowest BCUT2D eigenvalue weighted by molar-refractivity contribution is -0.121. The first-order chi connectivity index (χ1) is 12.7. The van der Waals surface area contributed by atoms with Crippen LogP contribution in [0.4, 0.5) is 0 Å². The molecule has 0 unspecified atom stereocenters. The molecule has 4 nitrogen and oxygen atoms in total. The minimum atomic E-state index is -0.0492. The molecule has 0 radical (unpaired) electrons. The summed E-state index contributed by atoms with van der Waals surface area (Å²) in [5.41, 5.74) is 2.59. The first kappa shape index (κ1) is 18.0. The predicted molar refractivity (Wildman–Crippen MR) is 104 cm³/mol. The molecule has 0 aliphatic heterocycles. The Morgan fingerprint density at radius 1 is 0.962 bits per heavy atom. The first-order valence-corrected chi connectivity index (χ1v) is 9.45. The van der Waals surface area contributed by atoms with E-state index in [2.05, 4.69) is 10.3 Å². The monoisotopic (exact) mass is 364 g/mol. The summed E-state index contributed by atoms with van der Waals surface area (Å²) in [6.07, 6.45) is 3.03. The third kappa shape index (κ3) is 4.86. The zero-order valence-electron chi connectivity index (χ0n) is 14.4. The van der Waals surface area contributed by atoms with Crippen molar-refractivity contribution >= 4 is 23.0 Å². The quantitative estimate of drug-likeness (QED) is 0.600. The Kier molecular flexibility index (Phi) is 6.28. The van der Waals surface area contributed by atoms with Crippen LogP contribution in [0.25, 0.3) is 10.6 Å². The summed E-state index contributed by atoms with van der Waals surface area (Å²) in [6.45, 7) is 0.437. The molecular formula is C21H20N2O2S. The van der Waals surface area contributed by atoms with Crippen LogP contribution in [-0.2, 0) is 11.3 Å². The van der Waals surface area contributed by atoms with Gasteiger partial charge < -0.3 is 5.32 Å². The van der Waals surface area contributed by atoms with E-state index in [1.165, 1.54) is 0 Å². The molecule has 2 heterocycles. The number of pyridine rings is 1. The van der Waals surface area contributed by atoms with Gasteiger partial charge in [-0.2, -0.15) is 0 Å². The molecule has 0 aliphatic rings. The molecule has 0 spiro atoms. The number of thiophene rings is 1. The van der Waals surface area contributed by atoms with Crippen molar-refractivity contribution in [1.29, 1.82) is 0 Å². The molecule has 2 aromatic heterocycles. The highest BCUT2D eigenvalue weighted by Gasteiger charge is 2.10. The molecule has 1 aromatic carbocycles. The summed E-state index contributed by atoms with van der Waals surface area (Å²) >= 11 is 1.63. The highest BCUT2D eigenvalue weighted by atomic mass is 32.1. The van der Waals surface area contributed by atoms with E-state index in [1.807, 2.05) is 47.8 Å². The topological polar surface area (TPSA) is 59.1 Å². The number of carbonyl (C=O) groups is 2. The van der Waals surface area contributed by atoms with Gasteiger partial charge in [-0.25, -0.2) is 0 Å². The fraction of sp³-hybridized carbons (Fsp3) is 0.190. The Morgan fingerprint density at radius 2 is 1.81 bits per heavy atom. The molecule has 3 rings (SSSR count). The number of carbonyl (C=O) groups excluding carboxylic acids is 2. The van der Waals surface area contributed by atoms with Gasteiger partial charge in [0.05, 0.1) is 10.6 Å². The summed E-state index contributed by atoms with van der Waals surface area (Å²) < 4.78 is 0. The van der Waals surface area contributed by atoms with Gasteiger partial charge >= 0.3 is 0 Å². The Labute approximate surface area is 156 Å². The van der Waals surface area contributed by atoms with Gasteiger partial charge in [0.2, 0.25) is 5.91 Å². The molecule has 3 aromatic rings. The lowest BCUT2D eigenvalue weighted by atomic mass is 10.1. The van der Waals surface area contributed by atoms with Gasteiger partial charge in [-0.3, -0.25) is 14.6 Å². The number of ketones is 1. The second-order valence-corrected chi connectivity index (χ2v) is 6.86. The van der Waals surface area contributed by atoms with Crippen molar-refractivity contribution in [2.24, 2.45) is 0 Å². The number of Topliss-reactive ketones (excluding diaryl/α,β-unsaturated/α-hetero) is 1. The number of aromatic nitrogens is 1. The SMILES string of the molecule is O=C(CCCC(=O)c1ccccc1)NCc1cccnc1-c1cccs1. The average molecular weight is 364 g/mol. The van der Waals surface area contributed by atoms with E-state index in [0.717, 1.165) is 16.1 Å². The second kappa shape index (κ2) is 9.06. The normalized spacial score (nSPS) is 10.5. The third-order valence-electron chi connectivity index (χ3n) is 4.03. The highest BCUT2D eigenvalue weighted by molar-refractivity contribution is 7.13. The maximum Gasteiger partial charge on any atom is 0.220 e. The average Bonchev–Trinajstić information content (AvgIpc) is 3.22. The summed E-state index contributed by atoms with van der Waals surface area (Å²) in [5.74, 6) is 0.0254. The van der Waals surface area contributed by atoms with Crippen LogP contribution in [0, 0.1) is 0 Å². The van der Waals surface area contributed by atoms with Crippen molar-refractivity contribution in [3.05, 3.63) is 77.3 Å². The molecule has 0 saturated carbocycles. The van der Waals surface area contributed by atoms with Crippen LogP contribution in [0.2, 0.25) is 0 Å². The summed E-state index contributed by atoms with van der Waals surface area (Å²) in [6, 6.07) is 17.0. The highest BCUT2D eigenvalue weighted by Crippen LogP contribution is 2.25. The van der Waals surface area contributed by atoms with Gasteiger partial charge in [-0.05, 0) is 29.5 Å². The number of benzene rings is 1. The minimum Gasteiger partial charge on any atom is -0.352 e. The molecule has 5 heteroatoms. The number of hydrogen-bond donors (Lipinski definition) is 1. The van der Waals surface area contributed by atoms with E-state index in [-0.39, 0.29) is 11.7 Å². The minimum absolute atomic E-state index is 0.0492. The van der Waals surface area contributed by atoms with E-state index in [0.29, 0.717) is 31.4 Å². The molecule has 0 bridgehead atoms.